The molecule has 2 fully saturated rings. The Balaban J connectivity index is 2.07. The fraction of sp³-hybridized carbons (Fsp3) is 0.917. The lowest BCUT2D eigenvalue weighted by atomic mass is 9.75. The minimum atomic E-state index is -1.36. The molecule has 5 atom stereocenters. The maximum atomic E-state index is 11.5. The average molecular weight is 271 g/mol. The van der Waals surface area contributed by atoms with Crippen LogP contribution in [0.3, 0.4) is 0 Å². The summed E-state index contributed by atoms with van der Waals surface area (Å²) >= 11 is 0. The molecule has 0 radical (unpaired) electrons. The van der Waals surface area contributed by atoms with Gasteiger partial charge in [-0.15, -0.1) is 0 Å². The van der Waals surface area contributed by atoms with Gasteiger partial charge < -0.3 is 26.0 Å². The van der Waals surface area contributed by atoms with Gasteiger partial charge >= 0.3 is 13.1 Å². The van der Waals surface area contributed by atoms with Gasteiger partial charge in [0.1, 0.15) is 5.54 Å². The third-order valence-corrected chi connectivity index (χ3v) is 4.88. The van der Waals surface area contributed by atoms with Crippen molar-refractivity contribution in [1.82, 2.24) is 0 Å². The lowest BCUT2D eigenvalue weighted by Crippen LogP contribution is -2.52. The highest BCUT2D eigenvalue weighted by Gasteiger charge is 2.57. The van der Waals surface area contributed by atoms with E-state index in [2.05, 4.69) is 0 Å². The molecule has 0 bridgehead atoms. The summed E-state index contributed by atoms with van der Waals surface area (Å²) < 4.78 is 0. The monoisotopic (exact) mass is 271 g/mol. The Hall–Kier alpha value is -0.625. The van der Waals surface area contributed by atoms with Crippen molar-refractivity contribution in [3.8, 4) is 0 Å². The Morgan fingerprint density at radius 2 is 2.05 bits per heavy atom. The molecule has 6 N–H and O–H groups in total. The van der Waals surface area contributed by atoms with Crippen LogP contribution in [0, 0.1) is 17.8 Å². The highest BCUT2D eigenvalue weighted by atomic mass is 16.4. The Kier molecular flexibility index (Phi) is 4.20. The van der Waals surface area contributed by atoms with Crippen molar-refractivity contribution in [2.24, 2.45) is 23.5 Å². The summed E-state index contributed by atoms with van der Waals surface area (Å²) in [4.78, 5) is 11.5. The normalized spacial score (nSPS) is 41.3. The molecular weight excluding hydrogens is 249 g/mol. The summed E-state index contributed by atoms with van der Waals surface area (Å²) in [5, 5.41) is 36.8. The first-order valence-corrected chi connectivity index (χ1v) is 6.91. The van der Waals surface area contributed by atoms with Gasteiger partial charge in [-0.1, -0.05) is 6.42 Å². The second-order valence-electron chi connectivity index (χ2n) is 6.12. The largest absolute Gasteiger partial charge is 0.480 e. The van der Waals surface area contributed by atoms with Gasteiger partial charge in [0.25, 0.3) is 0 Å². The Morgan fingerprint density at radius 1 is 1.37 bits per heavy atom. The Bertz CT molecular complexity index is 353. The zero-order chi connectivity index (χ0) is 14.2. The third kappa shape index (κ3) is 2.79. The number of aliphatic hydroxyl groups is 1. The van der Waals surface area contributed by atoms with Crippen LogP contribution in [0.2, 0.25) is 6.32 Å². The van der Waals surface area contributed by atoms with E-state index in [1.165, 1.54) is 0 Å². The van der Waals surface area contributed by atoms with Gasteiger partial charge in [0, 0.05) is 0 Å². The number of hydrogen-bond donors (Lipinski definition) is 5. The van der Waals surface area contributed by atoms with Crippen molar-refractivity contribution < 1.29 is 25.1 Å². The number of aliphatic carboxylic acids is 1. The molecular formula is C12H22BNO5. The zero-order valence-electron chi connectivity index (χ0n) is 10.9. The summed E-state index contributed by atoms with van der Waals surface area (Å²) in [7, 11) is -1.36. The molecule has 19 heavy (non-hydrogen) atoms. The Labute approximate surface area is 112 Å². The van der Waals surface area contributed by atoms with Crippen LogP contribution in [0.25, 0.3) is 0 Å². The van der Waals surface area contributed by atoms with Gasteiger partial charge in [0.2, 0.25) is 0 Å². The summed E-state index contributed by atoms with van der Waals surface area (Å²) in [6.07, 6.45) is 2.64. The number of carboxylic acid groups (broad SMARTS) is 1. The number of rotatable bonds is 5. The first-order chi connectivity index (χ1) is 8.84. The van der Waals surface area contributed by atoms with Gasteiger partial charge in [0.05, 0.1) is 6.10 Å². The van der Waals surface area contributed by atoms with Crippen LogP contribution in [-0.4, -0.2) is 45.0 Å². The summed E-state index contributed by atoms with van der Waals surface area (Å²) in [5.74, 6) is -0.844. The van der Waals surface area contributed by atoms with Crippen LogP contribution >= 0.6 is 0 Å². The molecule has 0 amide bonds. The summed E-state index contributed by atoms with van der Waals surface area (Å²) in [6.45, 7) is 0. The van der Waals surface area contributed by atoms with Gasteiger partial charge in [-0.25, -0.2) is 0 Å². The second-order valence-corrected chi connectivity index (χ2v) is 6.12. The minimum absolute atomic E-state index is 0.145. The van der Waals surface area contributed by atoms with E-state index in [9.17, 15) is 15.0 Å². The lowest BCUT2D eigenvalue weighted by molar-refractivity contribution is -0.145. The number of carbonyl (C=O) groups is 1. The van der Waals surface area contributed by atoms with E-state index in [1.54, 1.807) is 0 Å². The maximum Gasteiger partial charge on any atom is 0.451 e. The SMILES string of the molecule is NC1(C(=O)O)CC2CC(O)C[C@H]2C1CCCB(O)O. The molecule has 2 rings (SSSR count). The average Bonchev–Trinajstić information content (AvgIpc) is 2.74. The molecule has 0 aromatic rings. The third-order valence-electron chi connectivity index (χ3n) is 4.88. The molecule has 2 aliphatic carbocycles. The van der Waals surface area contributed by atoms with E-state index < -0.39 is 18.6 Å². The highest BCUT2D eigenvalue weighted by molar-refractivity contribution is 6.40. The van der Waals surface area contributed by atoms with Crippen LogP contribution in [0.4, 0.5) is 0 Å². The second kappa shape index (κ2) is 5.40. The minimum Gasteiger partial charge on any atom is -0.480 e. The van der Waals surface area contributed by atoms with Crippen molar-refractivity contribution in [3.63, 3.8) is 0 Å². The van der Waals surface area contributed by atoms with Crippen LogP contribution in [0.5, 0.6) is 0 Å². The molecule has 108 valence electrons. The molecule has 6 nitrogen and oxygen atoms in total. The summed E-state index contributed by atoms with van der Waals surface area (Å²) in [5.41, 5.74) is 4.87. The highest BCUT2D eigenvalue weighted by Crippen LogP contribution is 2.53. The van der Waals surface area contributed by atoms with Gasteiger partial charge in [-0.3, -0.25) is 4.79 Å². The van der Waals surface area contributed by atoms with E-state index >= 15 is 0 Å². The van der Waals surface area contributed by atoms with E-state index in [4.69, 9.17) is 15.8 Å². The number of aliphatic hydroxyl groups excluding tert-OH is 1. The molecule has 4 unspecified atom stereocenters. The van der Waals surface area contributed by atoms with Crippen molar-refractivity contribution >= 4 is 13.1 Å². The van der Waals surface area contributed by atoms with Crippen molar-refractivity contribution in [2.75, 3.05) is 0 Å². The van der Waals surface area contributed by atoms with Gasteiger partial charge in [-0.05, 0) is 49.8 Å². The van der Waals surface area contributed by atoms with Crippen LogP contribution in [0.1, 0.15) is 32.1 Å². The fourth-order valence-corrected chi connectivity index (χ4v) is 4.06. The molecule has 0 aromatic carbocycles. The molecule has 2 saturated carbocycles. The quantitative estimate of drug-likeness (QED) is 0.426. The molecule has 2 aliphatic rings. The number of fused-ring (bicyclic) bond motifs is 1. The van der Waals surface area contributed by atoms with Crippen molar-refractivity contribution in [1.29, 1.82) is 0 Å². The van der Waals surface area contributed by atoms with E-state index in [1.807, 2.05) is 0 Å². The molecule has 0 aromatic heterocycles. The number of carboxylic acids is 1. The topological polar surface area (TPSA) is 124 Å². The maximum absolute atomic E-state index is 11.5. The predicted octanol–water partition coefficient (Wildman–Crippen LogP) is -0.572. The standard InChI is InChI=1S/C12H22BNO5/c14-12(11(16)17)6-7-4-8(15)5-9(7)10(12)2-1-3-13(18)19/h7-10,15,18-19H,1-6,14H2,(H,16,17)/t7?,8?,9-,10?,12?/m1/s1. The van der Waals surface area contributed by atoms with E-state index in [-0.39, 0.29) is 30.2 Å². The van der Waals surface area contributed by atoms with E-state index in [0.29, 0.717) is 32.1 Å². The predicted molar refractivity (Wildman–Crippen MR) is 69.1 cm³/mol. The summed E-state index contributed by atoms with van der Waals surface area (Å²) in [6, 6.07) is 0. The van der Waals surface area contributed by atoms with Crippen LogP contribution < -0.4 is 5.73 Å². The van der Waals surface area contributed by atoms with E-state index in [0.717, 1.165) is 0 Å². The molecule has 0 heterocycles. The van der Waals surface area contributed by atoms with Crippen molar-refractivity contribution in [2.45, 2.75) is 50.1 Å². The molecule has 0 aliphatic heterocycles. The Morgan fingerprint density at radius 3 is 2.63 bits per heavy atom. The molecule has 7 heteroatoms. The zero-order valence-corrected chi connectivity index (χ0v) is 10.9. The smallest absolute Gasteiger partial charge is 0.451 e. The van der Waals surface area contributed by atoms with Gasteiger partial charge in [0.15, 0.2) is 0 Å². The van der Waals surface area contributed by atoms with Crippen LogP contribution in [-0.2, 0) is 4.79 Å². The molecule has 0 saturated heterocycles. The molecule has 0 spiro atoms. The van der Waals surface area contributed by atoms with Crippen LogP contribution in [0.15, 0.2) is 0 Å². The van der Waals surface area contributed by atoms with Gasteiger partial charge in [-0.2, -0.15) is 0 Å². The fourth-order valence-electron chi connectivity index (χ4n) is 4.06. The number of hydrogen-bond acceptors (Lipinski definition) is 5. The first-order valence-electron chi connectivity index (χ1n) is 6.91. The number of nitrogens with two attached hydrogens (primary N) is 1. The van der Waals surface area contributed by atoms with Crippen molar-refractivity contribution in [3.05, 3.63) is 0 Å². The lowest BCUT2D eigenvalue weighted by Gasteiger charge is -2.30. The first kappa shape index (κ1) is 14.8.